The molecule has 0 radical (unpaired) electrons. The van der Waals surface area contributed by atoms with Gasteiger partial charge in [-0.25, -0.2) is 0 Å². The zero-order valence-electron chi connectivity index (χ0n) is 11.9. The minimum absolute atomic E-state index is 0.176. The molecule has 0 spiro atoms. The van der Waals surface area contributed by atoms with Crippen LogP contribution in [0.15, 0.2) is 85.0 Å². The Morgan fingerprint density at radius 3 is 1.90 bits per heavy atom. The van der Waals surface area contributed by atoms with Gasteiger partial charge in [0.2, 0.25) is 0 Å². The lowest BCUT2D eigenvalue weighted by Crippen LogP contribution is -2.27. The summed E-state index contributed by atoms with van der Waals surface area (Å²) in [7, 11) is 0. The molecule has 1 nitrogen and oxygen atoms in total. The molecule has 0 saturated carbocycles. The van der Waals surface area contributed by atoms with E-state index < -0.39 is 0 Å². The van der Waals surface area contributed by atoms with Crippen LogP contribution in [0.2, 0.25) is 0 Å². The van der Waals surface area contributed by atoms with Gasteiger partial charge in [-0.15, -0.1) is 0 Å². The van der Waals surface area contributed by atoms with Crippen LogP contribution in [0, 0.1) is 5.92 Å². The predicted octanol–water partition coefficient (Wildman–Crippen LogP) is 4.46. The first-order valence-electron chi connectivity index (χ1n) is 7.52. The van der Waals surface area contributed by atoms with Crippen molar-refractivity contribution in [3.8, 4) is 0 Å². The van der Waals surface area contributed by atoms with Crippen molar-refractivity contribution >= 4 is 0 Å². The number of hydrogen-bond acceptors (Lipinski definition) is 1. The van der Waals surface area contributed by atoms with Gasteiger partial charge in [0.15, 0.2) is 0 Å². The molecule has 1 heterocycles. The highest BCUT2D eigenvalue weighted by molar-refractivity contribution is 5.39. The van der Waals surface area contributed by atoms with Gasteiger partial charge in [-0.3, -0.25) is 0 Å². The molecule has 104 valence electrons. The van der Waals surface area contributed by atoms with Crippen molar-refractivity contribution < 1.29 is 4.74 Å². The first-order valence-corrected chi connectivity index (χ1v) is 7.52. The second-order valence-electron chi connectivity index (χ2n) is 5.78. The average molecular weight is 274 g/mol. The fourth-order valence-electron chi connectivity index (χ4n) is 3.51. The van der Waals surface area contributed by atoms with Gasteiger partial charge in [0.25, 0.3) is 0 Å². The summed E-state index contributed by atoms with van der Waals surface area (Å²) < 4.78 is 6.59. The molecule has 2 atom stereocenters. The highest BCUT2D eigenvalue weighted by Crippen LogP contribution is 2.48. The Morgan fingerprint density at radius 2 is 1.33 bits per heavy atom. The SMILES string of the molecule is C1=C[C@@H]2CC(c3ccccc3)(c3ccccc3)O[C@@H]2C=C1. The summed E-state index contributed by atoms with van der Waals surface area (Å²) in [5, 5.41) is 0. The second kappa shape index (κ2) is 5.01. The zero-order chi connectivity index (χ0) is 14.1. The van der Waals surface area contributed by atoms with Gasteiger partial charge >= 0.3 is 0 Å². The van der Waals surface area contributed by atoms with E-state index in [0.29, 0.717) is 5.92 Å². The molecule has 0 amide bonds. The van der Waals surface area contributed by atoms with E-state index in [9.17, 15) is 0 Å². The lowest BCUT2D eigenvalue weighted by Gasteiger charge is -2.30. The number of ether oxygens (including phenoxy) is 1. The van der Waals surface area contributed by atoms with Crippen LogP contribution in [0.4, 0.5) is 0 Å². The lowest BCUT2D eigenvalue weighted by molar-refractivity contribution is 0.00136. The van der Waals surface area contributed by atoms with Crippen molar-refractivity contribution in [2.24, 2.45) is 5.92 Å². The van der Waals surface area contributed by atoms with Crippen molar-refractivity contribution in [3.63, 3.8) is 0 Å². The normalized spacial score (nSPS) is 25.7. The molecule has 1 heteroatoms. The zero-order valence-corrected chi connectivity index (χ0v) is 11.9. The van der Waals surface area contributed by atoms with E-state index in [1.807, 2.05) is 0 Å². The van der Waals surface area contributed by atoms with Gasteiger partial charge in [-0.1, -0.05) is 85.0 Å². The van der Waals surface area contributed by atoms with Gasteiger partial charge in [-0.2, -0.15) is 0 Å². The molecule has 2 aromatic carbocycles. The van der Waals surface area contributed by atoms with E-state index in [1.165, 1.54) is 11.1 Å². The highest BCUT2D eigenvalue weighted by Gasteiger charge is 2.47. The van der Waals surface area contributed by atoms with Crippen molar-refractivity contribution in [2.75, 3.05) is 0 Å². The smallest absolute Gasteiger partial charge is 0.120 e. The largest absolute Gasteiger partial charge is 0.358 e. The molecule has 21 heavy (non-hydrogen) atoms. The van der Waals surface area contributed by atoms with E-state index in [2.05, 4.69) is 85.0 Å². The van der Waals surface area contributed by atoms with Gasteiger partial charge in [0.1, 0.15) is 5.60 Å². The summed E-state index contributed by atoms with van der Waals surface area (Å²) in [6.07, 6.45) is 9.85. The fourth-order valence-corrected chi connectivity index (χ4v) is 3.51. The lowest BCUT2D eigenvalue weighted by atomic mass is 9.80. The van der Waals surface area contributed by atoms with Crippen molar-refractivity contribution in [1.29, 1.82) is 0 Å². The van der Waals surface area contributed by atoms with Gasteiger partial charge in [-0.05, 0) is 17.5 Å². The maximum atomic E-state index is 6.59. The molecule has 2 aliphatic rings. The Bertz CT molecular complexity index is 608. The fraction of sp³-hybridized carbons (Fsp3) is 0.200. The third-order valence-corrected chi connectivity index (χ3v) is 4.53. The molecule has 1 fully saturated rings. The number of allylic oxidation sites excluding steroid dienone is 2. The number of fused-ring (bicyclic) bond motifs is 1. The number of hydrogen-bond donors (Lipinski definition) is 0. The van der Waals surface area contributed by atoms with E-state index in [0.717, 1.165) is 6.42 Å². The van der Waals surface area contributed by atoms with Crippen LogP contribution in [0.5, 0.6) is 0 Å². The summed E-state index contributed by atoms with van der Waals surface area (Å²) in [6.45, 7) is 0. The monoisotopic (exact) mass is 274 g/mol. The summed E-state index contributed by atoms with van der Waals surface area (Å²) in [4.78, 5) is 0. The van der Waals surface area contributed by atoms with Gasteiger partial charge < -0.3 is 4.74 Å². The first kappa shape index (κ1) is 12.6. The Morgan fingerprint density at radius 1 is 0.762 bits per heavy atom. The van der Waals surface area contributed by atoms with Crippen LogP contribution in [0.1, 0.15) is 17.5 Å². The average Bonchev–Trinajstić information content (AvgIpc) is 2.97. The summed E-state index contributed by atoms with van der Waals surface area (Å²) >= 11 is 0. The highest BCUT2D eigenvalue weighted by atomic mass is 16.5. The van der Waals surface area contributed by atoms with Crippen LogP contribution >= 0.6 is 0 Å². The maximum absolute atomic E-state index is 6.59. The van der Waals surface area contributed by atoms with E-state index >= 15 is 0 Å². The number of benzene rings is 2. The minimum atomic E-state index is -0.336. The molecule has 0 aromatic heterocycles. The van der Waals surface area contributed by atoms with Crippen molar-refractivity contribution in [1.82, 2.24) is 0 Å². The minimum Gasteiger partial charge on any atom is -0.358 e. The molecule has 4 rings (SSSR count). The molecular formula is C20H18O. The topological polar surface area (TPSA) is 9.23 Å². The maximum Gasteiger partial charge on any atom is 0.120 e. The Balaban J connectivity index is 1.85. The van der Waals surface area contributed by atoms with E-state index in [1.54, 1.807) is 0 Å². The summed E-state index contributed by atoms with van der Waals surface area (Å²) in [5.41, 5.74) is 2.15. The third kappa shape index (κ3) is 2.05. The molecule has 0 unspecified atom stereocenters. The van der Waals surface area contributed by atoms with Crippen LogP contribution in [-0.4, -0.2) is 6.10 Å². The third-order valence-electron chi connectivity index (χ3n) is 4.53. The van der Waals surface area contributed by atoms with E-state index in [-0.39, 0.29) is 11.7 Å². The Hall–Kier alpha value is -2.12. The number of rotatable bonds is 2. The molecule has 1 saturated heterocycles. The molecule has 0 N–H and O–H groups in total. The molecule has 2 aromatic rings. The quantitative estimate of drug-likeness (QED) is 0.785. The Kier molecular flexibility index (Phi) is 3.01. The van der Waals surface area contributed by atoms with Gasteiger partial charge in [0, 0.05) is 5.92 Å². The Labute approximate surface area is 125 Å². The predicted molar refractivity (Wildman–Crippen MR) is 84.9 cm³/mol. The van der Waals surface area contributed by atoms with Crippen LogP contribution in [0.25, 0.3) is 0 Å². The summed E-state index contributed by atoms with van der Waals surface area (Å²) in [6, 6.07) is 21.2. The van der Waals surface area contributed by atoms with Crippen LogP contribution in [-0.2, 0) is 10.3 Å². The van der Waals surface area contributed by atoms with Crippen molar-refractivity contribution in [2.45, 2.75) is 18.1 Å². The van der Waals surface area contributed by atoms with Crippen molar-refractivity contribution in [3.05, 3.63) is 96.1 Å². The van der Waals surface area contributed by atoms with Crippen LogP contribution in [0.3, 0.4) is 0 Å². The first-order chi connectivity index (χ1) is 10.4. The van der Waals surface area contributed by atoms with Gasteiger partial charge in [0.05, 0.1) is 6.10 Å². The summed E-state index contributed by atoms with van der Waals surface area (Å²) in [5.74, 6) is 0.454. The molecule has 1 aliphatic heterocycles. The molecule has 0 bridgehead atoms. The molecule has 1 aliphatic carbocycles. The standard InChI is InChI=1S/C20H18O/c1-3-10-17(11-4-1)20(18-12-5-2-6-13-18)15-16-9-7-8-14-19(16)21-20/h1-14,16,19H,15H2/t16-,19-/m1/s1. The molecular weight excluding hydrogens is 256 g/mol. The van der Waals surface area contributed by atoms with E-state index in [4.69, 9.17) is 4.74 Å². The second-order valence-corrected chi connectivity index (χ2v) is 5.78. The van der Waals surface area contributed by atoms with Crippen LogP contribution < -0.4 is 0 Å².